The maximum atomic E-state index is 12.1. The summed E-state index contributed by atoms with van der Waals surface area (Å²) in [5.74, 6) is 0.161. The summed E-state index contributed by atoms with van der Waals surface area (Å²) in [4.78, 5) is 11.4. The molecule has 0 N–H and O–H groups in total. The fraction of sp³-hybridized carbons (Fsp3) is 0.450. The predicted molar refractivity (Wildman–Crippen MR) is 93.4 cm³/mol. The van der Waals surface area contributed by atoms with Crippen molar-refractivity contribution in [1.82, 2.24) is 0 Å². The summed E-state index contributed by atoms with van der Waals surface area (Å²) in [5, 5.41) is 0. The van der Waals surface area contributed by atoms with E-state index in [0.717, 1.165) is 24.0 Å². The molecule has 0 spiro atoms. The van der Waals surface area contributed by atoms with Gasteiger partial charge in [-0.15, -0.1) is 6.58 Å². The van der Waals surface area contributed by atoms with Gasteiger partial charge in [-0.3, -0.25) is 4.79 Å². The van der Waals surface area contributed by atoms with Crippen LogP contribution in [-0.4, -0.2) is 5.78 Å². The van der Waals surface area contributed by atoms with Crippen LogP contribution in [0.3, 0.4) is 0 Å². The summed E-state index contributed by atoms with van der Waals surface area (Å²) in [7, 11) is 0. The van der Waals surface area contributed by atoms with Crippen LogP contribution in [0.25, 0.3) is 0 Å². The van der Waals surface area contributed by atoms with Crippen LogP contribution in [-0.2, 0) is 4.79 Å². The summed E-state index contributed by atoms with van der Waals surface area (Å²) in [5.41, 5.74) is 3.54. The van der Waals surface area contributed by atoms with Crippen LogP contribution in [0.5, 0.6) is 0 Å². The Kier molecular flexibility index (Phi) is 8.62. The zero-order valence-corrected chi connectivity index (χ0v) is 14.8. The highest BCUT2D eigenvalue weighted by Gasteiger charge is 2.28. The molecule has 0 unspecified atom stereocenters. The Balaban J connectivity index is 0.000000352. The Morgan fingerprint density at radius 2 is 1.55 bits per heavy atom. The Hall–Kier alpha value is -1.70. The zero-order chi connectivity index (χ0) is 17.3. The first-order chi connectivity index (χ1) is 10.1. The number of carbonyl (C=O) groups is 1. The fourth-order valence-corrected chi connectivity index (χ4v) is 2.25. The second-order valence-electron chi connectivity index (χ2n) is 6.55. The first-order valence-electron chi connectivity index (χ1n) is 7.61. The van der Waals surface area contributed by atoms with Crippen molar-refractivity contribution >= 4 is 5.78 Å². The number of benzene rings is 1. The quantitative estimate of drug-likeness (QED) is 0.534. The van der Waals surface area contributed by atoms with E-state index in [-0.39, 0.29) is 11.2 Å². The van der Waals surface area contributed by atoms with E-state index in [4.69, 9.17) is 0 Å². The van der Waals surface area contributed by atoms with Gasteiger partial charge in [0.25, 0.3) is 0 Å². The van der Waals surface area contributed by atoms with E-state index in [1.807, 2.05) is 20.8 Å². The van der Waals surface area contributed by atoms with Crippen molar-refractivity contribution in [2.24, 2.45) is 5.41 Å². The lowest BCUT2D eigenvalue weighted by atomic mass is 9.74. The van der Waals surface area contributed by atoms with E-state index in [9.17, 15) is 9.18 Å². The number of allylic oxidation sites excluding steroid dienone is 3. The van der Waals surface area contributed by atoms with Crippen LogP contribution in [0.1, 0.15) is 53.0 Å². The molecule has 1 aromatic carbocycles. The number of hydrogen-bond acceptors (Lipinski definition) is 1. The minimum Gasteiger partial charge on any atom is -0.295 e. The van der Waals surface area contributed by atoms with Crippen LogP contribution >= 0.6 is 0 Å². The molecule has 0 amide bonds. The second-order valence-corrected chi connectivity index (χ2v) is 6.55. The van der Waals surface area contributed by atoms with Gasteiger partial charge in [0.05, 0.1) is 0 Å². The third-order valence-corrected chi connectivity index (χ3v) is 3.45. The summed E-state index contributed by atoms with van der Waals surface area (Å²) >= 11 is 0. The number of carbonyl (C=O) groups excluding carboxylic acids is 1. The van der Waals surface area contributed by atoms with Gasteiger partial charge in [-0.25, -0.2) is 4.39 Å². The summed E-state index contributed by atoms with van der Waals surface area (Å²) in [6.45, 7) is 15.5. The molecule has 0 saturated carbocycles. The highest BCUT2D eigenvalue weighted by atomic mass is 19.1. The van der Waals surface area contributed by atoms with E-state index in [1.54, 1.807) is 18.2 Å². The van der Waals surface area contributed by atoms with E-state index in [1.165, 1.54) is 17.7 Å². The molecule has 0 fully saturated rings. The van der Waals surface area contributed by atoms with Gasteiger partial charge in [-0.1, -0.05) is 43.2 Å². The van der Waals surface area contributed by atoms with Crippen molar-refractivity contribution in [1.29, 1.82) is 0 Å². The lowest BCUT2D eigenvalue weighted by Gasteiger charge is -2.29. The molecule has 0 saturated heterocycles. The molecule has 0 aliphatic heterocycles. The first-order valence-corrected chi connectivity index (χ1v) is 7.61. The monoisotopic (exact) mass is 304 g/mol. The number of Topliss-reactive ketones (excluding diaryl/α,β-unsaturated/α-hetero) is 1. The first kappa shape index (κ1) is 20.3. The van der Waals surface area contributed by atoms with Gasteiger partial charge in [0.15, 0.2) is 5.78 Å². The molecule has 0 aromatic heterocycles. The molecular weight excluding hydrogens is 275 g/mol. The van der Waals surface area contributed by atoms with Gasteiger partial charge in [0, 0.05) is 6.42 Å². The van der Waals surface area contributed by atoms with Crippen molar-refractivity contribution in [3.8, 4) is 0 Å². The average Bonchev–Trinajstić information content (AvgIpc) is 2.40. The Morgan fingerprint density at radius 3 is 1.91 bits per heavy atom. The molecule has 22 heavy (non-hydrogen) atoms. The minimum atomic E-state index is -0.171. The molecule has 1 aliphatic carbocycles. The summed E-state index contributed by atoms with van der Waals surface area (Å²) in [6.07, 6.45) is 3.54. The summed E-state index contributed by atoms with van der Waals surface area (Å²) in [6, 6.07) is 6.40. The predicted octanol–water partition coefficient (Wildman–Crippen LogP) is 6.04. The Morgan fingerprint density at radius 1 is 1.09 bits per heavy atom. The van der Waals surface area contributed by atoms with Crippen LogP contribution in [0.4, 0.5) is 4.39 Å². The molecule has 122 valence electrons. The van der Waals surface area contributed by atoms with E-state index < -0.39 is 0 Å². The molecule has 1 aromatic rings. The number of aryl methyl sites for hydroxylation is 1. The van der Waals surface area contributed by atoms with E-state index in [2.05, 4.69) is 27.4 Å². The number of ketones is 1. The van der Waals surface area contributed by atoms with Crippen molar-refractivity contribution in [3.05, 3.63) is 59.4 Å². The minimum absolute atomic E-state index is 0.171. The lowest BCUT2D eigenvalue weighted by Crippen LogP contribution is -2.23. The smallest absolute Gasteiger partial charge is 0.159 e. The van der Waals surface area contributed by atoms with Crippen molar-refractivity contribution in [3.63, 3.8) is 0 Å². The van der Waals surface area contributed by atoms with E-state index >= 15 is 0 Å². The van der Waals surface area contributed by atoms with Gasteiger partial charge < -0.3 is 0 Å². The molecule has 0 heterocycles. The summed E-state index contributed by atoms with van der Waals surface area (Å²) < 4.78 is 12.1. The van der Waals surface area contributed by atoms with Gasteiger partial charge in [-0.05, 0) is 57.2 Å². The fourth-order valence-electron chi connectivity index (χ4n) is 2.25. The highest BCUT2D eigenvalue weighted by molar-refractivity contribution is 5.96. The normalized spacial score (nSPS) is 16.0. The van der Waals surface area contributed by atoms with Crippen molar-refractivity contribution < 1.29 is 9.18 Å². The maximum absolute atomic E-state index is 12.1. The van der Waals surface area contributed by atoms with Crippen LogP contribution in [0.15, 0.2) is 48.1 Å². The van der Waals surface area contributed by atoms with E-state index in [0.29, 0.717) is 5.78 Å². The third kappa shape index (κ3) is 7.92. The standard InChI is InChI=1S/C10H16O.C7H7F.C3H6/c1-7-5-10(3,4)6-9(11)8(7)2;1-6-2-4-7(8)5-3-6;1-3-2/h5-6H2,1-4H3;2-5H,1H3;3H,1H2,2H3. The average molecular weight is 304 g/mol. The number of halogens is 1. The Labute approximate surface area is 134 Å². The molecule has 2 rings (SSSR count). The third-order valence-electron chi connectivity index (χ3n) is 3.45. The molecule has 2 heteroatoms. The largest absolute Gasteiger partial charge is 0.295 e. The maximum Gasteiger partial charge on any atom is 0.159 e. The van der Waals surface area contributed by atoms with Crippen LogP contribution in [0.2, 0.25) is 0 Å². The zero-order valence-electron chi connectivity index (χ0n) is 14.8. The number of rotatable bonds is 0. The molecular formula is C20H29FO. The highest BCUT2D eigenvalue weighted by Crippen LogP contribution is 2.36. The van der Waals surface area contributed by atoms with Gasteiger partial charge in [-0.2, -0.15) is 0 Å². The van der Waals surface area contributed by atoms with Crippen LogP contribution in [0, 0.1) is 18.2 Å². The SMILES string of the molecule is C=CC.CC1=C(C)C(=O)CC(C)(C)C1.Cc1ccc(F)cc1. The molecule has 1 aliphatic rings. The number of hydrogen-bond donors (Lipinski definition) is 0. The van der Waals surface area contributed by atoms with Gasteiger partial charge in [0.2, 0.25) is 0 Å². The second kappa shape index (κ2) is 9.34. The van der Waals surface area contributed by atoms with Crippen molar-refractivity contribution in [2.45, 2.75) is 54.4 Å². The Bertz CT molecular complexity index is 500. The topological polar surface area (TPSA) is 17.1 Å². The van der Waals surface area contributed by atoms with Crippen LogP contribution < -0.4 is 0 Å². The van der Waals surface area contributed by atoms with Gasteiger partial charge in [0.1, 0.15) is 5.82 Å². The van der Waals surface area contributed by atoms with Crippen molar-refractivity contribution in [2.75, 3.05) is 0 Å². The molecule has 0 radical (unpaired) electrons. The van der Waals surface area contributed by atoms with Gasteiger partial charge >= 0.3 is 0 Å². The lowest BCUT2D eigenvalue weighted by molar-refractivity contribution is -0.118. The molecule has 1 nitrogen and oxygen atoms in total. The molecule has 0 atom stereocenters. The molecule has 0 bridgehead atoms.